The molecular formula is C18H20O6. The van der Waals surface area contributed by atoms with E-state index in [0.717, 1.165) is 11.1 Å². The normalized spacial score (nSPS) is 41.6. The molecule has 128 valence electrons. The van der Waals surface area contributed by atoms with Crippen LogP contribution in [-0.2, 0) is 9.59 Å². The Hall–Kier alpha value is -1.92. The summed E-state index contributed by atoms with van der Waals surface area (Å²) in [7, 11) is 0. The number of aliphatic hydroxyl groups excluding tert-OH is 1. The molecule has 4 N–H and O–H groups in total. The third-order valence-corrected chi connectivity index (χ3v) is 6.87. The first-order chi connectivity index (χ1) is 11.0. The van der Waals surface area contributed by atoms with Crippen molar-refractivity contribution in [2.45, 2.75) is 45.3 Å². The van der Waals surface area contributed by atoms with Gasteiger partial charge in [-0.15, -0.1) is 0 Å². The van der Waals surface area contributed by atoms with Gasteiger partial charge < -0.3 is 20.4 Å². The van der Waals surface area contributed by atoms with E-state index in [-0.39, 0.29) is 11.1 Å². The van der Waals surface area contributed by atoms with Gasteiger partial charge in [0.2, 0.25) is 0 Å². The number of aliphatic carboxylic acids is 2. The van der Waals surface area contributed by atoms with E-state index in [1.165, 1.54) is 6.92 Å². The maximum absolute atomic E-state index is 11.9. The quantitative estimate of drug-likeness (QED) is 0.566. The lowest BCUT2D eigenvalue weighted by atomic mass is 9.57. The van der Waals surface area contributed by atoms with Crippen molar-refractivity contribution in [3.05, 3.63) is 33.9 Å². The highest BCUT2D eigenvalue weighted by atomic mass is 16.4. The molecule has 4 aliphatic carbocycles. The summed E-state index contributed by atoms with van der Waals surface area (Å²) in [5.41, 5.74) is -1.81. The molecule has 0 saturated heterocycles. The Morgan fingerprint density at radius 1 is 1.17 bits per heavy atom. The molecule has 0 aromatic rings. The van der Waals surface area contributed by atoms with Gasteiger partial charge in [0.05, 0.1) is 22.2 Å². The van der Waals surface area contributed by atoms with Gasteiger partial charge in [0.15, 0.2) is 0 Å². The van der Waals surface area contributed by atoms with Crippen molar-refractivity contribution in [3.8, 4) is 0 Å². The largest absolute Gasteiger partial charge is 0.478 e. The first-order valence-electron chi connectivity index (χ1n) is 8.07. The molecule has 3 unspecified atom stereocenters. The molecule has 1 saturated carbocycles. The highest BCUT2D eigenvalue weighted by Crippen LogP contribution is 2.74. The summed E-state index contributed by atoms with van der Waals surface area (Å²) in [6.07, 6.45) is 1.67. The van der Waals surface area contributed by atoms with Crippen LogP contribution in [0.4, 0.5) is 0 Å². The molecule has 2 bridgehead atoms. The van der Waals surface area contributed by atoms with Gasteiger partial charge in [0.25, 0.3) is 0 Å². The van der Waals surface area contributed by atoms with E-state index in [1.54, 1.807) is 13.0 Å². The number of hydrogen-bond donors (Lipinski definition) is 4. The van der Waals surface area contributed by atoms with Gasteiger partial charge in [-0.25, -0.2) is 9.59 Å². The van der Waals surface area contributed by atoms with Crippen molar-refractivity contribution < 1.29 is 30.0 Å². The molecule has 1 fully saturated rings. The second kappa shape index (κ2) is 4.00. The Labute approximate surface area is 138 Å². The zero-order valence-corrected chi connectivity index (χ0v) is 13.8. The smallest absolute Gasteiger partial charge is 0.333 e. The molecule has 0 aromatic carbocycles. The lowest BCUT2D eigenvalue weighted by Crippen LogP contribution is -2.60. The monoisotopic (exact) mass is 332 g/mol. The van der Waals surface area contributed by atoms with Crippen LogP contribution in [0, 0.1) is 16.7 Å². The van der Waals surface area contributed by atoms with Crippen molar-refractivity contribution in [2.75, 3.05) is 0 Å². The minimum absolute atomic E-state index is 0.176. The van der Waals surface area contributed by atoms with E-state index >= 15 is 0 Å². The van der Waals surface area contributed by atoms with Crippen LogP contribution in [-0.4, -0.2) is 44.1 Å². The summed E-state index contributed by atoms with van der Waals surface area (Å²) in [6, 6.07) is 0. The van der Waals surface area contributed by atoms with Crippen molar-refractivity contribution in [3.63, 3.8) is 0 Å². The number of aliphatic hydroxyl groups is 2. The molecule has 0 heterocycles. The highest BCUT2D eigenvalue weighted by Gasteiger charge is 2.74. The van der Waals surface area contributed by atoms with Crippen molar-refractivity contribution in [1.82, 2.24) is 0 Å². The molecule has 24 heavy (non-hydrogen) atoms. The number of hydrogen-bond acceptors (Lipinski definition) is 4. The fourth-order valence-corrected chi connectivity index (χ4v) is 5.69. The summed E-state index contributed by atoms with van der Waals surface area (Å²) < 4.78 is 0. The maximum atomic E-state index is 11.9. The highest BCUT2D eigenvalue weighted by molar-refractivity contribution is 6.05. The average molecular weight is 332 g/mol. The van der Waals surface area contributed by atoms with Crippen LogP contribution in [0.25, 0.3) is 0 Å². The average Bonchev–Trinajstić information content (AvgIpc) is 3.16. The molecule has 0 aromatic heterocycles. The number of carbonyl (C=O) groups is 2. The number of allylic oxidation sites excluding steroid dienone is 1. The summed E-state index contributed by atoms with van der Waals surface area (Å²) in [5, 5.41) is 41.6. The fraction of sp³-hybridized carbons (Fsp3) is 0.556. The Morgan fingerprint density at radius 2 is 1.75 bits per heavy atom. The Bertz CT molecular complexity index is 807. The first kappa shape index (κ1) is 15.6. The van der Waals surface area contributed by atoms with E-state index in [1.807, 2.05) is 6.92 Å². The number of carboxylic acid groups (broad SMARTS) is 2. The lowest BCUT2D eigenvalue weighted by Gasteiger charge is -2.51. The molecule has 0 aliphatic heterocycles. The van der Waals surface area contributed by atoms with Gasteiger partial charge >= 0.3 is 11.9 Å². The summed E-state index contributed by atoms with van der Waals surface area (Å²) >= 11 is 0. The van der Waals surface area contributed by atoms with Crippen LogP contribution in [0.5, 0.6) is 0 Å². The zero-order valence-electron chi connectivity index (χ0n) is 13.8. The molecule has 4 rings (SSSR count). The van der Waals surface area contributed by atoms with Crippen LogP contribution >= 0.6 is 0 Å². The summed E-state index contributed by atoms with van der Waals surface area (Å²) in [5.74, 6) is -3.27. The molecule has 0 amide bonds. The van der Waals surface area contributed by atoms with E-state index in [4.69, 9.17) is 0 Å². The van der Waals surface area contributed by atoms with Crippen molar-refractivity contribution >= 4 is 11.9 Å². The van der Waals surface area contributed by atoms with Gasteiger partial charge in [-0.2, -0.15) is 0 Å². The molecular weight excluding hydrogens is 312 g/mol. The molecule has 1 spiro atoms. The van der Waals surface area contributed by atoms with Crippen LogP contribution in [0.15, 0.2) is 33.9 Å². The predicted octanol–water partition coefficient (Wildman–Crippen LogP) is 1.25. The Kier molecular flexibility index (Phi) is 2.60. The molecule has 6 heteroatoms. The Morgan fingerprint density at radius 3 is 2.21 bits per heavy atom. The van der Waals surface area contributed by atoms with Crippen molar-refractivity contribution in [1.29, 1.82) is 0 Å². The van der Waals surface area contributed by atoms with E-state index in [2.05, 4.69) is 0 Å². The molecule has 4 atom stereocenters. The summed E-state index contributed by atoms with van der Waals surface area (Å²) in [6.45, 7) is 5.14. The molecule has 6 nitrogen and oxygen atoms in total. The minimum atomic E-state index is -1.51. The molecule has 0 radical (unpaired) electrons. The standard InChI is InChI=1S/C18H20O6/c1-7-6-18-11(9(7)10(13(19)20)12(18)14(21)22)8(2)17(4-5-17)16(3,24)15(18)23/h6,9,15,23-24H,4-5H2,1-3H3,(H,19,20)(H,21,22)/t9?,15?,16-,18?/m0/s1. The summed E-state index contributed by atoms with van der Waals surface area (Å²) in [4.78, 5) is 23.8. The van der Waals surface area contributed by atoms with Gasteiger partial charge in [-0.05, 0) is 39.2 Å². The number of rotatable bonds is 2. The van der Waals surface area contributed by atoms with Crippen molar-refractivity contribution in [2.24, 2.45) is 16.7 Å². The lowest BCUT2D eigenvalue weighted by molar-refractivity contribution is -0.146. The van der Waals surface area contributed by atoms with E-state index in [0.29, 0.717) is 18.4 Å². The third-order valence-electron chi connectivity index (χ3n) is 6.87. The van der Waals surface area contributed by atoms with Crippen LogP contribution < -0.4 is 0 Å². The number of carboxylic acids is 2. The minimum Gasteiger partial charge on any atom is -0.478 e. The van der Waals surface area contributed by atoms with Gasteiger partial charge in [0.1, 0.15) is 6.10 Å². The first-order valence-corrected chi connectivity index (χ1v) is 8.07. The predicted molar refractivity (Wildman–Crippen MR) is 83.0 cm³/mol. The van der Waals surface area contributed by atoms with E-state index < -0.39 is 40.4 Å². The Balaban J connectivity index is 2.12. The van der Waals surface area contributed by atoms with Gasteiger partial charge in [0, 0.05) is 11.3 Å². The van der Waals surface area contributed by atoms with E-state index in [9.17, 15) is 30.0 Å². The second-order valence-electron chi connectivity index (χ2n) is 7.76. The van der Waals surface area contributed by atoms with Crippen LogP contribution in [0.1, 0.15) is 33.6 Å². The molecule has 4 aliphatic rings. The van der Waals surface area contributed by atoms with Crippen LogP contribution in [0.3, 0.4) is 0 Å². The third kappa shape index (κ3) is 1.30. The maximum Gasteiger partial charge on any atom is 0.333 e. The fourth-order valence-electron chi connectivity index (χ4n) is 5.69. The second-order valence-corrected chi connectivity index (χ2v) is 7.76. The topological polar surface area (TPSA) is 115 Å². The SMILES string of the molecule is CC1=CC23C(C(=O)O)=C(C(=O)O)C1C2=C(C)C1(CC1)[C@@](C)(O)C3O. The van der Waals surface area contributed by atoms with Gasteiger partial charge in [-0.3, -0.25) is 0 Å². The zero-order chi connectivity index (χ0) is 17.8. The van der Waals surface area contributed by atoms with Gasteiger partial charge in [-0.1, -0.05) is 17.2 Å². The van der Waals surface area contributed by atoms with Crippen LogP contribution in [0.2, 0.25) is 0 Å².